The van der Waals surface area contributed by atoms with Crippen LogP contribution in [0.3, 0.4) is 0 Å². The van der Waals surface area contributed by atoms with Crippen LogP contribution in [0.4, 0.5) is 0 Å². The number of benzene rings is 1. The molecule has 1 aromatic heterocycles. The van der Waals surface area contributed by atoms with E-state index in [4.69, 9.17) is 0 Å². The number of nitrogens with zero attached hydrogens (tertiary/aromatic N) is 2. The maximum absolute atomic E-state index is 12.2. The molecule has 1 N–H and O–H groups in total. The maximum atomic E-state index is 12.2. The van der Waals surface area contributed by atoms with E-state index in [-0.39, 0.29) is 17.2 Å². The van der Waals surface area contributed by atoms with Crippen molar-refractivity contribution >= 4 is 23.6 Å². The van der Waals surface area contributed by atoms with Crippen LogP contribution in [-0.4, -0.2) is 27.6 Å². The van der Waals surface area contributed by atoms with Crippen LogP contribution in [0.15, 0.2) is 48.8 Å². The molecule has 1 aliphatic rings. The van der Waals surface area contributed by atoms with E-state index in [1.54, 1.807) is 18.3 Å². The molecule has 0 radical (unpaired) electrons. The van der Waals surface area contributed by atoms with Crippen LogP contribution >= 0.6 is 11.8 Å². The molecule has 1 aliphatic heterocycles. The average Bonchev–Trinajstić information content (AvgIpc) is 2.90. The summed E-state index contributed by atoms with van der Waals surface area (Å²) in [7, 11) is 0. The molecule has 1 fully saturated rings. The van der Waals surface area contributed by atoms with Crippen molar-refractivity contribution in [1.29, 1.82) is 0 Å². The van der Waals surface area contributed by atoms with Crippen molar-refractivity contribution in [3.63, 3.8) is 0 Å². The van der Waals surface area contributed by atoms with Crippen LogP contribution in [0, 0.1) is 6.92 Å². The summed E-state index contributed by atoms with van der Waals surface area (Å²) in [6.07, 6.45) is 3.08. The molecule has 0 spiro atoms. The van der Waals surface area contributed by atoms with Gasteiger partial charge in [-0.3, -0.25) is 20.0 Å². The van der Waals surface area contributed by atoms with Crippen LogP contribution < -0.4 is 5.43 Å². The number of thioether (sulfide) groups is 1. The summed E-state index contributed by atoms with van der Waals surface area (Å²) >= 11 is 1.50. The lowest BCUT2D eigenvalue weighted by atomic mass is 10.1. The molecule has 2 heterocycles. The summed E-state index contributed by atoms with van der Waals surface area (Å²) in [6, 6.07) is 11.3. The van der Waals surface area contributed by atoms with Crippen LogP contribution in [0.5, 0.6) is 0 Å². The van der Waals surface area contributed by atoms with E-state index >= 15 is 0 Å². The van der Waals surface area contributed by atoms with Crippen molar-refractivity contribution in [1.82, 2.24) is 15.4 Å². The standard InChI is InChI=1S/C16H15N3O2S/c1-11-4-6-12(7-5-11)16-19(14(20)10-22-16)18-15(21)13-3-2-8-17-9-13/h2-9,16H,10H2,1H3,(H,18,21). The number of carbonyl (C=O) groups excluding carboxylic acids is 2. The lowest BCUT2D eigenvalue weighted by Crippen LogP contribution is -2.44. The van der Waals surface area contributed by atoms with Gasteiger partial charge in [-0.1, -0.05) is 29.8 Å². The largest absolute Gasteiger partial charge is 0.272 e. The summed E-state index contributed by atoms with van der Waals surface area (Å²) in [5.41, 5.74) is 5.27. The maximum Gasteiger partial charge on any atom is 0.271 e. The normalized spacial score (nSPS) is 17.6. The van der Waals surface area contributed by atoms with Crippen molar-refractivity contribution < 1.29 is 9.59 Å². The molecule has 0 saturated carbocycles. The van der Waals surface area contributed by atoms with Gasteiger partial charge >= 0.3 is 0 Å². The number of rotatable bonds is 3. The molecule has 3 rings (SSSR count). The number of amides is 2. The minimum Gasteiger partial charge on any atom is -0.272 e. The molecule has 0 aliphatic carbocycles. The molecule has 1 atom stereocenters. The number of aromatic nitrogens is 1. The molecule has 0 bridgehead atoms. The predicted octanol–water partition coefficient (Wildman–Crippen LogP) is 2.31. The Bertz CT molecular complexity index is 688. The van der Waals surface area contributed by atoms with E-state index < -0.39 is 0 Å². The molecule has 112 valence electrons. The SMILES string of the molecule is Cc1ccc(C2SCC(=O)N2NC(=O)c2cccnc2)cc1. The third-order valence-electron chi connectivity index (χ3n) is 3.38. The zero-order valence-corrected chi connectivity index (χ0v) is 12.8. The Morgan fingerprint density at radius 3 is 2.77 bits per heavy atom. The Morgan fingerprint density at radius 2 is 2.09 bits per heavy atom. The number of carbonyl (C=O) groups is 2. The van der Waals surface area contributed by atoms with Crippen LogP contribution in [0.2, 0.25) is 0 Å². The summed E-state index contributed by atoms with van der Waals surface area (Å²) in [6.45, 7) is 2.01. The Kier molecular flexibility index (Phi) is 4.11. The van der Waals surface area contributed by atoms with Crippen molar-refractivity contribution in [3.05, 3.63) is 65.5 Å². The van der Waals surface area contributed by atoms with Gasteiger partial charge in [-0.15, -0.1) is 11.8 Å². The van der Waals surface area contributed by atoms with Crippen molar-refractivity contribution in [2.45, 2.75) is 12.3 Å². The fourth-order valence-corrected chi connectivity index (χ4v) is 3.30. The summed E-state index contributed by atoms with van der Waals surface area (Å²) in [5, 5.41) is 1.21. The molecular weight excluding hydrogens is 298 g/mol. The highest BCUT2D eigenvalue weighted by atomic mass is 32.2. The highest BCUT2D eigenvalue weighted by Crippen LogP contribution is 2.37. The minimum atomic E-state index is -0.332. The molecule has 1 unspecified atom stereocenters. The van der Waals surface area contributed by atoms with E-state index in [9.17, 15) is 9.59 Å². The van der Waals surface area contributed by atoms with Gasteiger partial charge in [0.05, 0.1) is 11.3 Å². The second kappa shape index (κ2) is 6.19. The van der Waals surface area contributed by atoms with Gasteiger partial charge in [-0.05, 0) is 24.6 Å². The van der Waals surface area contributed by atoms with Gasteiger partial charge < -0.3 is 0 Å². The molecule has 1 saturated heterocycles. The number of nitrogens with one attached hydrogen (secondary N) is 1. The zero-order chi connectivity index (χ0) is 15.5. The molecule has 2 amide bonds. The Hall–Kier alpha value is -2.34. The zero-order valence-electron chi connectivity index (χ0n) is 12.0. The highest BCUT2D eigenvalue weighted by molar-refractivity contribution is 8.00. The second-order valence-corrected chi connectivity index (χ2v) is 6.09. The fraction of sp³-hybridized carbons (Fsp3) is 0.188. The van der Waals surface area contributed by atoms with Gasteiger partial charge in [-0.2, -0.15) is 0 Å². The summed E-state index contributed by atoms with van der Waals surface area (Å²) < 4.78 is 0. The van der Waals surface area contributed by atoms with Crippen LogP contribution in [0.1, 0.15) is 26.9 Å². The topological polar surface area (TPSA) is 62.3 Å². The third kappa shape index (κ3) is 2.96. The van der Waals surface area contributed by atoms with Gasteiger partial charge in [-0.25, -0.2) is 5.01 Å². The Labute approximate surface area is 132 Å². The van der Waals surface area contributed by atoms with Gasteiger partial charge in [0.1, 0.15) is 5.37 Å². The van der Waals surface area contributed by atoms with Crippen molar-refractivity contribution in [2.75, 3.05) is 5.75 Å². The molecule has 22 heavy (non-hydrogen) atoms. The van der Waals surface area contributed by atoms with Gasteiger partial charge in [0, 0.05) is 12.4 Å². The van der Waals surface area contributed by atoms with E-state index in [2.05, 4.69) is 10.4 Å². The van der Waals surface area contributed by atoms with E-state index in [1.165, 1.54) is 23.0 Å². The Balaban J connectivity index is 1.79. The van der Waals surface area contributed by atoms with Crippen molar-refractivity contribution in [2.24, 2.45) is 0 Å². The number of hydrogen-bond donors (Lipinski definition) is 1. The summed E-state index contributed by atoms with van der Waals surface area (Å²) in [5.74, 6) is -0.0832. The number of aryl methyl sites for hydroxylation is 1. The predicted molar refractivity (Wildman–Crippen MR) is 84.9 cm³/mol. The first kappa shape index (κ1) is 14.6. The summed E-state index contributed by atoms with van der Waals surface area (Å²) in [4.78, 5) is 28.2. The van der Waals surface area contributed by atoms with Gasteiger partial charge in [0.25, 0.3) is 11.8 Å². The molecular formula is C16H15N3O2S. The number of pyridine rings is 1. The first-order valence-corrected chi connectivity index (χ1v) is 7.91. The van der Waals surface area contributed by atoms with Gasteiger partial charge in [0.2, 0.25) is 0 Å². The molecule has 2 aromatic rings. The van der Waals surface area contributed by atoms with E-state index in [1.807, 2.05) is 31.2 Å². The second-order valence-electron chi connectivity index (χ2n) is 5.02. The van der Waals surface area contributed by atoms with E-state index in [0.29, 0.717) is 11.3 Å². The number of hydrazine groups is 1. The average molecular weight is 313 g/mol. The van der Waals surface area contributed by atoms with Crippen molar-refractivity contribution in [3.8, 4) is 0 Å². The van der Waals surface area contributed by atoms with Gasteiger partial charge in [0.15, 0.2) is 0 Å². The van der Waals surface area contributed by atoms with Crippen LogP contribution in [0.25, 0.3) is 0 Å². The van der Waals surface area contributed by atoms with E-state index in [0.717, 1.165) is 11.1 Å². The monoisotopic (exact) mass is 313 g/mol. The highest BCUT2D eigenvalue weighted by Gasteiger charge is 2.34. The quantitative estimate of drug-likeness (QED) is 0.944. The van der Waals surface area contributed by atoms with Crippen LogP contribution in [-0.2, 0) is 4.79 Å². The minimum absolute atomic E-state index is 0.104. The molecule has 5 nitrogen and oxygen atoms in total. The fourth-order valence-electron chi connectivity index (χ4n) is 2.19. The molecule has 6 heteroatoms. The first-order chi connectivity index (χ1) is 10.6. The number of hydrogen-bond acceptors (Lipinski definition) is 4. The third-order valence-corrected chi connectivity index (χ3v) is 4.59. The first-order valence-electron chi connectivity index (χ1n) is 6.86. The smallest absolute Gasteiger partial charge is 0.271 e. The lowest BCUT2D eigenvalue weighted by Gasteiger charge is -2.24. The Morgan fingerprint density at radius 1 is 1.32 bits per heavy atom. The molecule has 1 aromatic carbocycles. The lowest BCUT2D eigenvalue weighted by molar-refractivity contribution is -0.130.